The summed E-state index contributed by atoms with van der Waals surface area (Å²) in [6, 6.07) is 6.61. The molecule has 1 aliphatic rings. The van der Waals surface area contributed by atoms with Crippen LogP contribution in [-0.4, -0.2) is 39.9 Å². The van der Waals surface area contributed by atoms with Gasteiger partial charge in [0.25, 0.3) is 5.91 Å². The van der Waals surface area contributed by atoms with E-state index in [2.05, 4.69) is 20.9 Å². The number of nitrogens with one attached hydrogen (secondary N) is 2. The minimum atomic E-state index is -0.581. The summed E-state index contributed by atoms with van der Waals surface area (Å²) in [6.45, 7) is 1.84. The summed E-state index contributed by atoms with van der Waals surface area (Å²) in [5.41, 5.74) is 6.24. The first-order valence-corrected chi connectivity index (χ1v) is 8.88. The first-order chi connectivity index (χ1) is 12.5. The van der Waals surface area contributed by atoms with E-state index in [0.717, 1.165) is 25.9 Å². The number of nitrogens with two attached hydrogens (primary N) is 1. The maximum atomic E-state index is 12.6. The summed E-state index contributed by atoms with van der Waals surface area (Å²) >= 11 is 6.01. The summed E-state index contributed by atoms with van der Waals surface area (Å²) in [4.78, 5) is 24.0. The van der Waals surface area contributed by atoms with Crippen LogP contribution in [0.5, 0.6) is 0 Å². The van der Waals surface area contributed by atoms with Gasteiger partial charge in [0.1, 0.15) is 0 Å². The Bertz CT molecular complexity index is 787. The second kappa shape index (κ2) is 8.29. The van der Waals surface area contributed by atoms with Crippen molar-refractivity contribution in [1.82, 2.24) is 25.6 Å². The van der Waals surface area contributed by atoms with Gasteiger partial charge in [-0.25, -0.2) is 4.68 Å². The molecule has 1 aliphatic heterocycles. The van der Waals surface area contributed by atoms with Crippen LogP contribution in [0.3, 0.4) is 0 Å². The minimum Gasteiger partial charge on any atom is -0.370 e. The Labute approximate surface area is 156 Å². The second-order valence-corrected chi connectivity index (χ2v) is 6.75. The van der Waals surface area contributed by atoms with Crippen LogP contribution < -0.4 is 16.4 Å². The molecule has 1 aromatic heterocycles. The predicted molar refractivity (Wildman–Crippen MR) is 96.6 cm³/mol. The fourth-order valence-electron chi connectivity index (χ4n) is 3.04. The molecular weight excluding hydrogens is 356 g/mol. The molecule has 8 nitrogen and oxygen atoms in total. The summed E-state index contributed by atoms with van der Waals surface area (Å²) in [6.07, 6.45) is 3.49. The van der Waals surface area contributed by atoms with E-state index in [1.807, 2.05) is 0 Å². The van der Waals surface area contributed by atoms with E-state index in [-0.39, 0.29) is 18.2 Å². The fourth-order valence-corrected chi connectivity index (χ4v) is 3.24. The summed E-state index contributed by atoms with van der Waals surface area (Å²) in [5, 5.41) is 14.7. The summed E-state index contributed by atoms with van der Waals surface area (Å²) in [5.74, 6) is -0.926. The number of hydrogen-bond donors (Lipinski definition) is 3. The Balaban J connectivity index is 1.73. The average molecular weight is 377 g/mol. The van der Waals surface area contributed by atoms with Crippen LogP contribution in [0.25, 0.3) is 0 Å². The SMILES string of the molecule is NC(=O)C[C@@H](NC(=O)c1cn(C2CCNCC2)nn1)c1cccc(Cl)c1. The van der Waals surface area contributed by atoms with Gasteiger partial charge in [0.05, 0.1) is 24.7 Å². The molecule has 26 heavy (non-hydrogen) atoms. The lowest BCUT2D eigenvalue weighted by molar-refractivity contribution is -0.118. The van der Waals surface area contributed by atoms with Crippen LogP contribution in [0.2, 0.25) is 5.02 Å². The number of carbonyl (C=O) groups excluding carboxylic acids is 2. The predicted octanol–water partition coefficient (Wildman–Crippen LogP) is 1.20. The number of rotatable bonds is 6. The highest BCUT2D eigenvalue weighted by molar-refractivity contribution is 6.30. The number of aromatic nitrogens is 3. The van der Waals surface area contributed by atoms with Gasteiger partial charge < -0.3 is 16.4 Å². The van der Waals surface area contributed by atoms with Gasteiger partial charge in [0.15, 0.2) is 5.69 Å². The largest absolute Gasteiger partial charge is 0.370 e. The summed E-state index contributed by atoms with van der Waals surface area (Å²) < 4.78 is 1.73. The molecule has 0 spiro atoms. The summed E-state index contributed by atoms with van der Waals surface area (Å²) in [7, 11) is 0. The zero-order valence-corrected chi connectivity index (χ0v) is 14.9. The molecule has 2 heterocycles. The molecular formula is C17H21ClN6O2. The highest BCUT2D eigenvalue weighted by Crippen LogP contribution is 2.21. The molecule has 2 amide bonds. The Kier molecular flexibility index (Phi) is 5.85. The molecule has 1 aromatic carbocycles. The molecule has 2 aromatic rings. The lowest BCUT2D eigenvalue weighted by Crippen LogP contribution is -2.32. The molecule has 9 heteroatoms. The van der Waals surface area contributed by atoms with Crippen LogP contribution in [0.1, 0.15) is 47.4 Å². The van der Waals surface area contributed by atoms with Gasteiger partial charge in [-0.1, -0.05) is 28.9 Å². The molecule has 0 unspecified atom stereocenters. The standard InChI is InChI=1S/C17H21ClN6O2/c18-12-3-1-2-11(8-12)14(9-16(19)25)21-17(26)15-10-24(23-22-15)13-4-6-20-7-5-13/h1-3,8,10,13-14,20H,4-7,9H2,(H2,19,25)(H,21,26)/t14-/m1/s1. The second-order valence-electron chi connectivity index (χ2n) is 6.32. The van der Waals surface area contributed by atoms with Gasteiger partial charge in [-0.3, -0.25) is 9.59 Å². The Morgan fingerprint density at radius 3 is 2.85 bits per heavy atom. The highest BCUT2D eigenvalue weighted by atomic mass is 35.5. The molecule has 3 rings (SSSR count). The van der Waals surface area contributed by atoms with E-state index >= 15 is 0 Å². The van der Waals surface area contributed by atoms with Crippen LogP contribution in [0, 0.1) is 0 Å². The van der Waals surface area contributed by atoms with Gasteiger partial charge >= 0.3 is 0 Å². The van der Waals surface area contributed by atoms with E-state index in [1.165, 1.54) is 0 Å². The first-order valence-electron chi connectivity index (χ1n) is 8.50. The molecule has 0 bridgehead atoms. The van der Waals surface area contributed by atoms with Crippen molar-refractivity contribution in [3.05, 3.63) is 46.7 Å². The molecule has 0 radical (unpaired) electrons. The number of hydrogen-bond acceptors (Lipinski definition) is 5. The van der Waals surface area contributed by atoms with Crippen molar-refractivity contribution in [1.29, 1.82) is 0 Å². The molecule has 0 saturated carbocycles. The van der Waals surface area contributed by atoms with Gasteiger partial charge in [0, 0.05) is 5.02 Å². The Morgan fingerprint density at radius 2 is 2.15 bits per heavy atom. The van der Waals surface area contributed by atoms with Crippen molar-refractivity contribution < 1.29 is 9.59 Å². The molecule has 0 aliphatic carbocycles. The number of halogens is 1. The smallest absolute Gasteiger partial charge is 0.273 e. The van der Waals surface area contributed by atoms with Crippen LogP contribution in [0.15, 0.2) is 30.5 Å². The number of amides is 2. The van der Waals surface area contributed by atoms with Crippen molar-refractivity contribution in [2.45, 2.75) is 31.3 Å². The first kappa shape index (κ1) is 18.3. The quantitative estimate of drug-likeness (QED) is 0.700. The number of primary amides is 1. The van der Waals surface area contributed by atoms with Crippen molar-refractivity contribution in [2.75, 3.05) is 13.1 Å². The lowest BCUT2D eigenvalue weighted by Gasteiger charge is -2.22. The topological polar surface area (TPSA) is 115 Å². The monoisotopic (exact) mass is 376 g/mol. The normalized spacial score (nSPS) is 16.2. The average Bonchev–Trinajstić information content (AvgIpc) is 3.12. The molecule has 138 valence electrons. The van der Waals surface area contributed by atoms with Gasteiger partial charge in [-0.15, -0.1) is 5.10 Å². The maximum absolute atomic E-state index is 12.6. The number of piperidine rings is 1. The molecule has 4 N–H and O–H groups in total. The van der Waals surface area contributed by atoms with E-state index in [1.54, 1.807) is 35.1 Å². The van der Waals surface area contributed by atoms with Crippen molar-refractivity contribution >= 4 is 23.4 Å². The number of carbonyl (C=O) groups is 2. The van der Waals surface area contributed by atoms with Crippen LogP contribution in [-0.2, 0) is 4.79 Å². The van der Waals surface area contributed by atoms with E-state index in [0.29, 0.717) is 10.6 Å². The minimum absolute atomic E-state index is 0.0332. The zero-order valence-electron chi connectivity index (χ0n) is 14.2. The Hall–Kier alpha value is -2.45. The third kappa shape index (κ3) is 4.59. The van der Waals surface area contributed by atoms with Crippen molar-refractivity contribution in [3.63, 3.8) is 0 Å². The van der Waals surface area contributed by atoms with Gasteiger partial charge in [0.2, 0.25) is 5.91 Å². The van der Waals surface area contributed by atoms with Crippen molar-refractivity contribution in [3.8, 4) is 0 Å². The third-order valence-corrected chi connectivity index (χ3v) is 4.62. The molecule has 1 atom stereocenters. The van der Waals surface area contributed by atoms with Crippen LogP contribution >= 0.6 is 11.6 Å². The molecule has 1 saturated heterocycles. The van der Waals surface area contributed by atoms with E-state index in [9.17, 15) is 9.59 Å². The lowest BCUT2D eigenvalue weighted by atomic mass is 10.0. The zero-order chi connectivity index (χ0) is 18.5. The highest BCUT2D eigenvalue weighted by Gasteiger charge is 2.22. The third-order valence-electron chi connectivity index (χ3n) is 4.39. The Morgan fingerprint density at radius 1 is 1.38 bits per heavy atom. The van der Waals surface area contributed by atoms with Crippen LogP contribution in [0.4, 0.5) is 0 Å². The number of nitrogens with zero attached hydrogens (tertiary/aromatic N) is 3. The number of benzene rings is 1. The van der Waals surface area contributed by atoms with Gasteiger partial charge in [-0.05, 0) is 43.6 Å². The molecule has 1 fully saturated rings. The van der Waals surface area contributed by atoms with E-state index < -0.39 is 17.9 Å². The van der Waals surface area contributed by atoms with Crippen molar-refractivity contribution in [2.24, 2.45) is 5.73 Å². The van der Waals surface area contributed by atoms with E-state index in [4.69, 9.17) is 17.3 Å². The van der Waals surface area contributed by atoms with Gasteiger partial charge in [-0.2, -0.15) is 0 Å². The maximum Gasteiger partial charge on any atom is 0.273 e. The fraction of sp³-hybridized carbons (Fsp3) is 0.412.